The molecule has 0 radical (unpaired) electrons. The number of oxazole rings is 1. The van der Waals surface area contributed by atoms with Crippen LogP contribution in [0.4, 0.5) is 4.39 Å². The SMILES string of the molecule is CNC(C)(C#N)c1ccc2oc(-c3ccc(F)cc3)nc2c1. The number of fused-ring (bicyclic) bond motifs is 1. The molecular formula is C17H14FN3O. The number of hydrogen-bond donors (Lipinski definition) is 1. The Morgan fingerprint density at radius 2 is 1.95 bits per heavy atom. The summed E-state index contributed by atoms with van der Waals surface area (Å²) in [5, 5.41) is 12.3. The second-order valence-corrected chi connectivity index (χ2v) is 5.20. The molecule has 110 valence electrons. The van der Waals surface area contributed by atoms with Gasteiger partial charge < -0.3 is 4.42 Å². The molecule has 0 bridgehead atoms. The van der Waals surface area contributed by atoms with E-state index >= 15 is 0 Å². The minimum Gasteiger partial charge on any atom is -0.436 e. The third-order valence-electron chi connectivity index (χ3n) is 3.78. The van der Waals surface area contributed by atoms with Gasteiger partial charge in [-0.3, -0.25) is 5.32 Å². The number of benzene rings is 2. The van der Waals surface area contributed by atoms with Crippen molar-refractivity contribution in [3.8, 4) is 17.5 Å². The highest BCUT2D eigenvalue weighted by molar-refractivity contribution is 5.77. The van der Waals surface area contributed by atoms with E-state index in [0.29, 0.717) is 22.6 Å². The van der Waals surface area contributed by atoms with Gasteiger partial charge in [-0.05, 0) is 55.9 Å². The molecule has 3 aromatic rings. The number of aromatic nitrogens is 1. The lowest BCUT2D eigenvalue weighted by Crippen LogP contribution is -2.34. The zero-order chi connectivity index (χ0) is 15.7. The third-order valence-corrected chi connectivity index (χ3v) is 3.78. The fourth-order valence-electron chi connectivity index (χ4n) is 2.22. The van der Waals surface area contributed by atoms with E-state index in [2.05, 4.69) is 16.4 Å². The summed E-state index contributed by atoms with van der Waals surface area (Å²) in [6.45, 7) is 1.80. The largest absolute Gasteiger partial charge is 0.436 e. The molecule has 1 N–H and O–H groups in total. The maximum absolute atomic E-state index is 13.0. The second kappa shape index (κ2) is 5.24. The Labute approximate surface area is 127 Å². The summed E-state index contributed by atoms with van der Waals surface area (Å²) < 4.78 is 18.7. The number of halogens is 1. The van der Waals surface area contributed by atoms with Crippen molar-refractivity contribution in [3.05, 3.63) is 53.8 Å². The Kier molecular flexibility index (Phi) is 3.39. The maximum atomic E-state index is 13.0. The van der Waals surface area contributed by atoms with Gasteiger partial charge in [0.05, 0.1) is 6.07 Å². The van der Waals surface area contributed by atoms with Crippen LogP contribution in [0, 0.1) is 17.1 Å². The minimum atomic E-state index is -0.789. The Balaban J connectivity index is 2.08. The number of rotatable bonds is 3. The molecule has 0 saturated heterocycles. The fraction of sp³-hybridized carbons (Fsp3) is 0.176. The van der Waals surface area contributed by atoms with Crippen LogP contribution < -0.4 is 5.32 Å². The Morgan fingerprint density at radius 3 is 2.59 bits per heavy atom. The van der Waals surface area contributed by atoms with Gasteiger partial charge in [-0.1, -0.05) is 6.07 Å². The first-order valence-electron chi connectivity index (χ1n) is 6.83. The predicted molar refractivity (Wildman–Crippen MR) is 81.4 cm³/mol. The lowest BCUT2D eigenvalue weighted by molar-refractivity contribution is 0.518. The van der Waals surface area contributed by atoms with Gasteiger partial charge in [-0.15, -0.1) is 0 Å². The van der Waals surface area contributed by atoms with Crippen molar-refractivity contribution < 1.29 is 8.81 Å². The van der Waals surface area contributed by atoms with Gasteiger partial charge in [0.2, 0.25) is 5.89 Å². The van der Waals surface area contributed by atoms with Crippen molar-refractivity contribution in [2.45, 2.75) is 12.5 Å². The van der Waals surface area contributed by atoms with E-state index in [0.717, 1.165) is 5.56 Å². The molecule has 0 aliphatic rings. The van der Waals surface area contributed by atoms with Crippen LogP contribution in [0.15, 0.2) is 46.9 Å². The molecule has 4 nitrogen and oxygen atoms in total. The van der Waals surface area contributed by atoms with Crippen LogP contribution >= 0.6 is 0 Å². The monoisotopic (exact) mass is 295 g/mol. The molecule has 0 spiro atoms. The van der Waals surface area contributed by atoms with E-state index in [1.807, 2.05) is 12.1 Å². The highest BCUT2D eigenvalue weighted by atomic mass is 19.1. The summed E-state index contributed by atoms with van der Waals surface area (Å²) in [6, 6.07) is 13.7. The molecule has 0 aliphatic carbocycles. The molecule has 0 amide bonds. The molecule has 1 unspecified atom stereocenters. The summed E-state index contributed by atoms with van der Waals surface area (Å²) >= 11 is 0. The van der Waals surface area contributed by atoms with E-state index in [1.165, 1.54) is 12.1 Å². The number of nitriles is 1. The Bertz CT molecular complexity index is 864. The van der Waals surface area contributed by atoms with E-state index in [-0.39, 0.29) is 5.82 Å². The summed E-state index contributed by atoms with van der Waals surface area (Å²) in [5.74, 6) is 0.122. The van der Waals surface area contributed by atoms with Gasteiger partial charge in [0.15, 0.2) is 5.58 Å². The first-order chi connectivity index (χ1) is 10.6. The molecule has 3 rings (SSSR count). The van der Waals surface area contributed by atoms with Crippen molar-refractivity contribution in [3.63, 3.8) is 0 Å². The van der Waals surface area contributed by atoms with Crippen LogP contribution in [0.25, 0.3) is 22.6 Å². The van der Waals surface area contributed by atoms with Crippen LogP contribution in [-0.2, 0) is 5.54 Å². The zero-order valence-electron chi connectivity index (χ0n) is 12.2. The van der Waals surface area contributed by atoms with Crippen molar-refractivity contribution >= 4 is 11.1 Å². The molecule has 2 aromatic carbocycles. The summed E-state index contributed by atoms with van der Waals surface area (Å²) in [7, 11) is 1.74. The molecule has 22 heavy (non-hydrogen) atoms. The first-order valence-corrected chi connectivity index (χ1v) is 6.83. The molecular weight excluding hydrogens is 281 g/mol. The molecule has 1 heterocycles. The van der Waals surface area contributed by atoms with Gasteiger partial charge in [-0.2, -0.15) is 5.26 Å². The quantitative estimate of drug-likeness (QED) is 0.802. The zero-order valence-corrected chi connectivity index (χ0v) is 12.2. The second-order valence-electron chi connectivity index (χ2n) is 5.20. The van der Waals surface area contributed by atoms with Gasteiger partial charge in [-0.25, -0.2) is 9.37 Å². The van der Waals surface area contributed by atoms with Crippen molar-refractivity contribution in [2.75, 3.05) is 7.05 Å². The Hall–Kier alpha value is -2.71. The van der Waals surface area contributed by atoms with Crippen molar-refractivity contribution in [2.24, 2.45) is 0 Å². The van der Waals surface area contributed by atoms with E-state index < -0.39 is 5.54 Å². The van der Waals surface area contributed by atoms with Crippen molar-refractivity contribution in [1.29, 1.82) is 5.26 Å². The summed E-state index contributed by atoms with van der Waals surface area (Å²) in [4.78, 5) is 4.43. The van der Waals surface area contributed by atoms with E-state index in [4.69, 9.17) is 4.42 Å². The van der Waals surface area contributed by atoms with Crippen LogP contribution in [0.2, 0.25) is 0 Å². The standard InChI is InChI=1S/C17H14FN3O/c1-17(10-19,20-2)12-5-8-15-14(9-12)21-16(22-15)11-3-6-13(18)7-4-11/h3-9,20H,1-2H3. The lowest BCUT2D eigenvalue weighted by Gasteiger charge is -2.20. The van der Waals surface area contributed by atoms with E-state index in [1.54, 1.807) is 32.2 Å². The highest BCUT2D eigenvalue weighted by Gasteiger charge is 2.24. The van der Waals surface area contributed by atoms with Crippen LogP contribution in [-0.4, -0.2) is 12.0 Å². The van der Waals surface area contributed by atoms with Crippen LogP contribution in [0.1, 0.15) is 12.5 Å². The molecule has 1 atom stereocenters. The smallest absolute Gasteiger partial charge is 0.227 e. The average Bonchev–Trinajstić information content (AvgIpc) is 2.97. The van der Waals surface area contributed by atoms with Crippen LogP contribution in [0.3, 0.4) is 0 Å². The topological polar surface area (TPSA) is 61.9 Å². The average molecular weight is 295 g/mol. The van der Waals surface area contributed by atoms with Crippen LogP contribution in [0.5, 0.6) is 0 Å². The molecule has 0 fully saturated rings. The predicted octanol–water partition coefficient (Wildman–Crippen LogP) is 3.59. The third kappa shape index (κ3) is 2.34. The first kappa shape index (κ1) is 14.2. The summed E-state index contributed by atoms with van der Waals surface area (Å²) in [6.07, 6.45) is 0. The highest BCUT2D eigenvalue weighted by Crippen LogP contribution is 2.28. The maximum Gasteiger partial charge on any atom is 0.227 e. The fourth-order valence-corrected chi connectivity index (χ4v) is 2.22. The molecule has 0 aliphatic heterocycles. The molecule has 1 aromatic heterocycles. The lowest BCUT2D eigenvalue weighted by atomic mass is 9.94. The number of hydrogen-bond acceptors (Lipinski definition) is 4. The van der Waals surface area contributed by atoms with Gasteiger partial charge in [0.25, 0.3) is 0 Å². The van der Waals surface area contributed by atoms with Crippen molar-refractivity contribution in [1.82, 2.24) is 10.3 Å². The normalized spacial score (nSPS) is 13.7. The van der Waals surface area contributed by atoms with Gasteiger partial charge in [0, 0.05) is 5.56 Å². The van der Waals surface area contributed by atoms with E-state index in [9.17, 15) is 9.65 Å². The molecule has 5 heteroatoms. The van der Waals surface area contributed by atoms with Gasteiger partial charge in [0.1, 0.15) is 16.9 Å². The summed E-state index contributed by atoms with van der Waals surface area (Å²) in [5.41, 5.74) is 2.01. The van der Waals surface area contributed by atoms with Gasteiger partial charge >= 0.3 is 0 Å². The Morgan fingerprint density at radius 1 is 1.23 bits per heavy atom. The molecule has 0 saturated carbocycles. The minimum absolute atomic E-state index is 0.305. The number of nitrogens with one attached hydrogen (secondary N) is 1. The number of nitrogens with zero attached hydrogens (tertiary/aromatic N) is 2.